The third-order valence-corrected chi connectivity index (χ3v) is 4.45. The van der Waals surface area contributed by atoms with Gasteiger partial charge in [-0.3, -0.25) is 0 Å². The van der Waals surface area contributed by atoms with Gasteiger partial charge < -0.3 is 20.1 Å². The molecule has 2 heterocycles. The fourth-order valence-corrected chi connectivity index (χ4v) is 2.94. The summed E-state index contributed by atoms with van der Waals surface area (Å²) in [5.41, 5.74) is 0.532. The molecule has 8 heteroatoms. The molecule has 3 rings (SSSR count). The van der Waals surface area contributed by atoms with Crippen LogP contribution >= 0.6 is 23.2 Å². The predicted octanol–water partition coefficient (Wildman–Crippen LogP) is 2.42. The van der Waals surface area contributed by atoms with Gasteiger partial charge in [0.1, 0.15) is 12.2 Å². The Labute approximate surface area is 137 Å². The Kier molecular flexibility index (Phi) is 4.41. The lowest BCUT2D eigenvalue weighted by Crippen LogP contribution is -2.45. The summed E-state index contributed by atoms with van der Waals surface area (Å²) in [6.45, 7) is 0.654. The number of nitrogens with one attached hydrogen (secondary N) is 2. The number of carbonyl (C=O) groups excluding carboxylic acids is 1. The summed E-state index contributed by atoms with van der Waals surface area (Å²) in [6, 6.07) is 6.30. The topological polar surface area (TPSA) is 83.4 Å². The number of hydrogen-bond donors (Lipinski definition) is 2. The van der Waals surface area contributed by atoms with Gasteiger partial charge >= 0.3 is 6.03 Å². The number of anilines is 1. The molecule has 0 radical (unpaired) electrons. The van der Waals surface area contributed by atoms with Gasteiger partial charge in [-0.25, -0.2) is 4.79 Å². The number of rotatable bonds is 2. The third kappa shape index (κ3) is 2.99. The van der Waals surface area contributed by atoms with Crippen molar-refractivity contribution in [3.8, 4) is 6.07 Å². The third-order valence-electron chi connectivity index (χ3n) is 3.71. The molecule has 2 aliphatic rings. The molecule has 2 unspecified atom stereocenters. The molecule has 0 aromatic heterocycles. The average molecular weight is 342 g/mol. The molecule has 2 aliphatic heterocycles. The highest BCUT2D eigenvalue weighted by Gasteiger charge is 2.48. The van der Waals surface area contributed by atoms with E-state index < -0.39 is 6.03 Å². The first-order valence-electron chi connectivity index (χ1n) is 6.74. The van der Waals surface area contributed by atoms with E-state index in [4.69, 9.17) is 37.9 Å². The van der Waals surface area contributed by atoms with Crippen LogP contribution in [0.4, 0.5) is 10.5 Å². The minimum absolute atomic E-state index is 0.278. The number of fused-ring (bicyclic) bond motifs is 1. The lowest BCUT2D eigenvalue weighted by molar-refractivity contribution is 0.0665. The first-order chi connectivity index (χ1) is 10.6. The number of amides is 2. The number of halogens is 2. The van der Waals surface area contributed by atoms with Gasteiger partial charge in [0, 0.05) is 5.69 Å². The molecule has 116 valence electrons. The van der Waals surface area contributed by atoms with Crippen LogP contribution in [-0.4, -0.2) is 37.5 Å². The smallest absolute Gasteiger partial charge is 0.319 e. The van der Waals surface area contributed by atoms with Gasteiger partial charge in [0.05, 0.1) is 41.3 Å². The van der Waals surface area contributed by atoms with Gasteiger partial charge in [-0.2, -0.15) is 5.26 Å². The van der Waals surface area contributed by atoms with Gasteiger partial charge in [-0.05, 0) is 18.2 Å². The molecular weight excluding hydrogens is 329 g/mol. The van der Waals surface area contributed by atoms with Gasteiger partial charge in [0.15, 0.2) is 0 Å². The zero-order valence-electron chi connectivity index (χ0n) is 11.4. The van der Waals surface area contributed by atoms with Gasteiger partial charge in [-0.15, -0.1) is 0 Å². The second-order valence-electron chi connectivity index (χ2n) is 5.17. The first kappa shape index (κ1) is 15.4. The normalized spacial score (nSPS) is 29.7. The van der Waals surface area contributed by atoms with Gasteiger partial charge in [0.25, 0.3) is 0 Å². The number of benzene rings is 1. The van der Waals surface area contributed by atoms with E-state index in [1.54, 1.807) is 18.2 Å². The van der Waals surface area contributed by atoms with Crippen molar-refractivity contribution in [3.05, 3.63) is 28.2 Å². The number of nitriles is 1. The van der Waals surface area contributed by atoms with Crippen LogP contribution in [0.5, 0.6) is 0 Å². The van der Waals surface area contributed by atoms with Crippen molar-refractivity contribution < 1.29 is 14.3 Å². The highest BCUT2D eigenvalue weighted by molar-refractivity contribution is 6.42. The highest BCUT2D eigenvalue weighted by Crippen LogP contribution is 2.31. The molecule has 0 bridgehead atoms. The van der Waals surface area contributed by atoms with E-state index in [9.17, 15) is 4.79 Å². The summed E-state index contributed by atoms with van der Waals surface area (Å²) in [6.07, 6.45) is -0.565. The van der Waals surface area contributed by atoms with E-state index in [0.29, 0.717) is 28.9 Å². The number of ether oxygens (including phenoxy) is 2. The molecule has 0 aliphatic carbocycles. The maximum absolute atomic E-state index is 12.0. The first-order valence-corrected chi connectivity index (χ1v) is 7.49. The largest absolute Gasteiger partial charge is 0.372 e. The van der Waals surface area contributed by atoms with Crippen molar-refractivity contribution >= 4 is 34.9 Å². The lowest BCUT2D eigenvalue weighted by Gasteiger charge is -2.18. The summed E-state index contributed by atoms with van der Waals surface area (Å²) in [5.74, 6) is -0.282. The fraction of sp³-hybridized carbons (Fsp3) is 0.429. The zero-order valence-corrected chi connectivity index (χ0v) is 12.9. The minimum Gasteiger partial charge on any atom is -0.372 e. The summed E-state index contributed by atoms with van der Waals surface area (Å²) < 4.78 is 11.1. The Morgan fingerprint density at radius 2 is 2.00 bits per heavy atom. The van der Waals surface area contributed by atoms with Crippen LogP contribution < -0.4 is 10.6 Å². The molecule has 2 amide bonds. The maximum atomic E-state index is 12.0. The van der Waals surface area contributed by atoms with Crippen molar-refractivity contribution in [2.45, 2.75) is 18.2 Å². The number of carbonyl (C=O) groups is 1. The average Bonchev–Trinajstić information content (AvgIpc) is 3.06. The van der Waals surface area contributed by atoms with E-state index in [1.807, 2.05) is 0 Å². The molecule has 4 atom stereocenters. The molecule has 2 saturated heterocycles. The van der Waals surface area contributed by atoms with E-state index in [2.05, 4.69) is 16.7 Å². The van der Waals surface area contributed by atoms with E-state index in [0.717, 1.165) is 0 Å². The number of nitrogens with zero attached hydrogens (tertiary/aromatic N) is 1. The quantitative estimate of drug-likeness (QED) is 0.865. The Morgan fingerprint density at radius 1 is 1.23 bits per heavy atom. The van der Waals surface area contributed by atoms with Crippen molar-refractivity contribution in [3.63, 3.8) is 0 Å². The monoisotopic (exact) mass is 341 g/mol. The summed E-state index contributed by atoms with van der Waals surface area (Å²) >= 11 is 11.7. The summed E-state index contributed by atoms with van der Waals surface area (Å²) in [4.78, 5) is 12.0. The fourth-order valence-electron chi connectivity index (χ4n) is 2.64. The van der Waals surface area contributed by atoms with Crippen LogP contribution in [0.25, 0.3) is 0 Å². The molecule has 1 aromatic carbocycles. The second-order valence-corrected chi connectivity index (χ2v) is 5.98. The SMILES string of the molecule is N#C[C@H]1COC2C(NC(=O)Nc3ccc(Cl)c(Cl)c3)CO[C@@H]21. The molecule has 22 heavy (non-hydrogen) atoms. The molecule has 0 saturated carbocycles. The van der Waals surface area contributed by atoms with E-state index in [1.165, 1.54) is 0 Å². The number of hydrogen-bond acceptors (Lipinski definition) is 4. The second kappa shape index (κ2) is 6.31. The molecule has 6 nitrogen and oxygen atoms in total. The van der Waals surface area contributed by atoms with E-state index in [-0.39, 0.29) is 24.2 Å². The van der Waals surface area contributed by atoms with Crippen LogP contribution in [0.3, 0.4) is 0 Å². The molecule has 1 aromatic rings. The summed E-state index contributed by atoms with van der Waals surface area (Å²) in [7, 11) is 0. The standard InChI is InChI=1S/C14H13Cl2N3O3/c15-9-2-1-8(3-10(9)16)18-14(20)19-11-6-22-12-7(4-17)5-21-13(11)12/h1-3,7,11-13H,5-6H2,(H2,18,19,20)/t7-,11?,12+,13?/m0/s1. The van der Waals surface area contributed by atoms with Gasteiger partial charge in [0.2, 0.25) is 0 Å². The van der Waals surface area contributed by atoms with Crippen LogP contribution in [0, 0.1) is 17.2 Å². The Hall–Kier alpha value is -1.52. The highest BCUT2D eigenvalue weighted by atomic mass is 35.5. The molecular formula is C14H13Cl2N3O3. The maximum Gasteiger partial charge on any atom is 0.319 e. The van der Waals surface area contributed by atoms with Gasteiger partial charge in [-0.1, -0.05) is 23.2 Å². The minimum atomic E-state index is -0.392. The predicted molar refractivity (Wildman–Crippen MR) is 81.0 cm³/mol. The Balaban J connectivity index is 1.59. The Morgan fingerprint density at radius 3 is 2.73 bits per heavy atom. The number of urea groups is 1. The Bertz CT molecular complexity index is 634. The van der Waals surface area contributed by atoms with Crippen molar-refractivity contribution in [1.29, 1.82) is 5.26 Å². The summed E-state index contributed by atoms with van der Waals surface area (Å²) in [5, 5.41) is 15.2. The van der Waals surface area contributed by atoms with Crippen LogP contribution in [0.15, 0.2) is 18.2 Å². The van der Waals surface area contributed by atoms with Crippen LogP contribution in [-0.2, 0) is 9.47 Å². The lowest BCUT2D eigenvalue weighted by atomic mass is 10.0. The van der Waals surface area contributed by atoms with Crippen molar-refractivity contribution in [1.82, 2.24) is 5.32 Å². The van der Waals surface area contributed by atoms with E-state index >= 15 is 0 Å². The molecule has 2 N–H and O–H groups in total. The zero-order chi connectivity index (χ0) is 15.7. The van der Waals surface area contributed by atoms with Crippen LogP contribution in [0.2, 0.25) is 10.0 Å². The van der Waals surface area contributed by atoms with Crippen molar-refractivity contribution in [2.24, 2.45) is 5.92 Å². The van der Waals surface area contributed by atoms with Crippen LogP contribution in [0.1, 0.15) is 0 Å². The molecule has 0 spiro atoms. The molecule has 2 fully saturated rings. The van der Waals surface area contributed by atoms with Crippen molar-refractivity contribution in [2.75, 3.05) is 18.5 Å².